The molecule has 1 rings (SSSR count). The van der Waals surface area contributed by atoms with Crippen molar-refractivity contribution in [3.8, 4) is 24.2 Å². The highest BCUT2D eigenvalue weighted by molar-refractivity contribution is 9.11. The van der Waals surface area contributed by atoms with E-state index in [9.17, 15) is 5.11 Å². The molecular formula is C13H15BrO3. The zero-order chi connectivity index (χ0) is 12.5. The van der Waals surface area contributed by atoms with Gasteiger partial charge in [-0.1, -0.05) is 5.92 Å². The minimum atomic E-state index is -0.655. The molecule has 1 heterocycles. The quantitative estimate of drug-likeness (QED) is 0.635. The largest absolute Gasteiger partial charge is 0.497 e. The molecule has 0 unspecified atom stereocenters. The summed E-state index contributed by atoms with van der Waals surface area (Å²) in [6, 6.07) is 0. The van der Waals surface area contributed by atoms with Crippen molar-refractivity contribution in [3.63, 3.8) is 0 Å². The highest BCUT2D eigenvalue weighted by Gasteiger charge is 2.26. The summed E-state index contributed by atoms with van der Waals surface area (Å²) in [5.74, 6) is 8.43. The molecule has 0 amide bonds. The van der Waals surface area contributed by atoms with Crippen LogP contribution in [0.4, 0.5) is 0 Å². The second-order valence-corrected chi connectivity index (χ2v) is 4.46. The van der Waals surface area contributed by atoms with Gasteiger partial charge >= 0.3 is 0 Å². The summed E-state index contributed by atoms with van der Waals surface area (Å²) >= 11 is 3.28. The van der Waals surface area contributed by atoms with Crippen molar-refractivity contribution in [2.45, 2.75) is 31.5 Å². The predicted octanol–water partition coefficient (Wildman–Crippen LogP) is 1.81. The first kappa shape index (κ1) is 14.1. The van der Waals surface area contributed by atoms with Crippen LogP contribution in [0.3, 0.4) is 0 Å². The number of rotatable bonds is 4. The van der Waals surface area contributed by atoms with Crippen molar-refractivity contribution >= 4 is 15.9 Å². The molecule has 2 atom stereocenters. The summed E-state index contributed by atoms with van der Waals surface area (Å²) in [7, 11) is 0. The van der Waals surface area contributed by atoms with E-state index in [1.165, 1.54) is 6.26 Å². The summed E-state index contributed by atoms with van der Waals surface area (Å²) in [5.41, 5.74) is 0. The highest BCUT2D eigenvalue weighted by Crippen LogP contribution is 2.22. The number of aliphatic hydroxyl groups excluding tert-OH is 1. The van der Waals surface area contributed by atoms with Gasteiger partial charge in [-0.2, -0.15) is 0 Å². The summed E-state index contributed by atoms with van der Waals surface area (Å²) in [5, 5.41) is 9.62. The fourth-order valence-electron chi connectivity index (χ4n) is 1.30. The van der Waals surface area contributed by atoms with Gasteiger partial charge in [-0.25, -0.2) is 0 Å². The predicted molar refractivity (Wildman–Crippen MR) is 69.2 cm³/mol. The van der Waals surface area contributed by atoms with Crippen LogP contribution in [0.5, 0.6) is 0 Å². The maximum atomic E-state index is 9.62. The first-order chi connectivity index (χ1) is 8.25. The molecule has 0 saturated heterocycles. The number of halogens is 1. The Labute approximate surface area is 110 Å². The van der Waals surface area contributed by atoms with Crippen molar-refractivity contribution in [2.75, 3.05) is 13.2 Å². The van der Waals surface area contributed by atoms with E-state index in [1.807, 2.05) is 0 Å². The van der Waals surface area contributed by atoms with Crippen molar-refractivity contribution < 1.29 is 14.6 Å². The van der Waals surface area contributed by atoms with E-state index < -0.39 is 6.10 Å². The lowest BCUT2D eigenvalue weighted by molar-refractivity contribution is -0.0419. The first-order valence-corrected chi connectivity index (χ1v) is 6.21. The van der Waals surface area contributed by atoms with Crippen molar-refractivity contribution in [2.24, 2.45) is 0 Å². The van der Waals surface area contributed by atoms with Gasteiger partial charge in [0.2, 0.25) is 0 Å². The Hall–Kier alpha value is -0.940. The third-order valence-electron chi connectivity index (χ3n) is 2.17. The van der Waals surface area contributed by atoms with Gasteiger partial charge in [-0.15, -0.1) is 18.3 Å². The Morgan fingerprint density at radius 1 is 1.53 bits per heavy atom. The lowest BCUT2D eigenvalue weighted by atomic mass is 10.2. The second kappa shape index (κ2) is 8.20. The van der Waals surface area contributed by atoms with Crippen LogP contribution in [0.2, 0.25) is 0 Å². The van der Waals surface area contributed by atoms with E-state index in [4.69, 9.17) is 15.9 Å². The van der Waals surface area contributed by atoms with Gasteiger partial charge in [0, 0.05) is 12.8 Å². The molecule has 0 aromatic rings. The lowest BCUT2D eigenvalue weighted by Gasteiger charge is -2.25. The molecule has 0 bridgehead atoms. The minimum absolute atomic E-state index is 0.245. The molecular weight excluding hydrogens is 284 g/mol. The Balaban J connectivity index is 2.23. The SMILES string of the molecule is C#CCCCC#CCO[C@H]1C(Br)=COC[C@H]1O. The first-order valence-electron chi connectivity index (χ1n) is 5.41. The van der Waals surface area contributed by atoms with E-state index in [-0.39, 0.29) is 12.7 Å². The number of hydrogen-bond donors (Lipinski definition) is 1. The van der Waals surface area contributed by atoms with Gasteiger partial charge < -0.3 is 14.6 Å². The average Bonchev–Trinajstić information content (AvgIpc) is 2.31. The fourth-order valence-corrected chi connectivity index (χ4v) is 1.87. The maximum absolute atomic E-state index is 9.62. The van der Waals surface area contributed by atoms with E-state index in [0.29, 0.717) is 11.1 Å². The molecule has 0 aromatic heterocycles. The van der Waals surface area contributed by atoms with Gasteiger partial charge in [-0.3, -0.25) is 0 Å². The van der Waals surface area contributed by atoms with Gasteiger partial charge in [-0.05, 0) is 22.4 Å². The van der Waals surface area contributed by atoms with Crippen molar-refractivity contribution in [3.05, 3.63) is 10.7 Å². The Morgan fingerprint density at radius 2 is 2.35 bits per heavy atom. The van der Waals surface area contributed by atoms with Crippen molar-refractivity contribution in [1.82, 2.24) is 0 Å². The van der Waals surface area contributed by atoms with Crippen LogP contribution in [-0.2, 0) is 9.47 Å². The number of aliphatic hydroxyl groups is 1. The number of hydrogen-bond acceptors (Lipinski definition) is 3. The van der Waals surface area contributed by atoms with E-state index in [1.54, 1.807) is 0 Å². The molecule has 0 radical (unpaired) electrons. The third kappa shape index (κ3) is 5.28. The number of terminal acetylenes is 1. The van der Waals surface area contributed by atoms with Gasteiger partial charge in [0.15, 0.2) is 0 Å². The van der Waals surface area contributed by atoms with Crippen LogP contribution in [0.25, 0.3) is 0 Å². The summed E-state index contributed by atoms with van der Waals surface area (Å²) in [4.78, 5) is 0. The molecule has 0 spiro atoms. The summed E-state index contributed by atoms with van der Waals surface area (Å²) < 4.78 is 11.2. The average molecular weight is 299 g/mol. The van der Waals surface area contributed by atoms with Crippen LogP contribution in [-0.4, -0.2) is 30.5 Å². The lowest BCUT2D eigenvalue weighted by Crippen LogP contribution is -2.35. The van der Waals surface area contributed by atoms with Crippen LogP contribution in [0, 0.1) is 24.2 Å². The second-order valence-electron chi connectivity index (χ2n) is 3.55. The molecule has 4 heteroatoms. The Morgan fingerprint density at radius 3 is 3.06 bits per heavy atom. The van der Waals surface area contributed by atoms with E-state index >= 15 is 0 Å². The topological polar surface area (TPSA) is 38.7 Å². The molecule has 1 aliphatic rings. The summed E-state index contributed by atoms with van der Waals surface area (Å²) in [6.07, 6.45) is 8.06. The van der Waals surface area contributed by atoms with Gasteiger partial charge in [0.25, 0.3) is 0 Å². The minimum Gasteiger partial charge on any atom is -0.497 e. The summed E-state index contributed by atoms with van der Waals surface area (Å²) in [6.45, 7) is 0.538. The van der Waals surface area contributed by atoms with Crippen molar-refractivity contribution in [1.29, 1.82) is 0 Å². The van der Waals surface area contributed by atoms with Crippen LogP contribution < -0.4 is 0 Å². The molecule has 0 aliphatic carbocycles. The smallest absolute Gasteiger partial charge is 0.122 e. The molecule has 0 fully saturated rings. The zero-order valence-corrected chi connectivity index (χ0v) is 11.1. The Kier molecular flexibility index (Phi) is 6.81. The molecule has 1 N–H and O–H groups in total. The number of unbranched alkanes of at least 4 members (excludes halogenated alkanes) is 2. The van der Waals surface area contributed by atoms with Crippen LogP contribution in [0.15, 0.2) is 10.7 Å². The normalized spacial score (nSPS) is 22.8. The van der Waals surface area contributed by atoms with Crippen LogP contribution >= 0.6 is 15.9 Å². The van der Waals surface area contributed by atoms with E-state index in [2.05, 4.69) is 33.7 Å². The maximum Gasteiger partial charge on any atom is 0.122 e. The Bertz CT molecular complexity index is 359. The molecule has 92 valence electrons. The molecule has 17 heavy (non-hydrogen) atoms. The standard InChI is InChI=1S/C13H15BrO3/c1-2-3-4-5-6-7-8-17-13-11(14)9-16-10-12(13)15/h1,9,12-13,15H,3-5,8,10H2/t12-,13+/m1/s1. The third-order valence-corrected chi connectivity index (χ3v) is 2.81. The van der Waals surface area contributed by atoms with Gasteiger partial charge in [0.1, 0.15) is 25.4 Å². The molecule has 1 aliphatic heterocycles. The molecule has 0 saturated carbocycles. The molecule has 3 nitrogen and oxygen atoms in total. The van der Waals surface area contributed by atoms with Crippen LogP contribution in [0.1, 0.15) is 19.3 Å². The highest BCUT2D eigenvalue weighted by atomic mass is 79.9. The van der Waals surface area contributed by atoms with E-state index in [0.717, 1.165) is 19.3 Å². The molecule has 0 aromatic carbocycles. The number of ether oxygens (including phenoxy) is 2. The van der Waals surface area contributed by atoms with Gasteiger partial charge in [0.05, 0.1) is 10.7 Å². The monoisotopic (exact) mass is 298 g/mol. The zero-order valence-electron chi connectivity index (χ0n) is 9.49. The fraction of sp³-hybridized carbons (Fsp3) is 0.538.